The Bertz CT molecular complexity index is 780. The molecule has 30 heavy (non-hydrogen) atoms. The molecule has 0 N–H and O–H groups in total. The van der Waals surface area contributed by atoms with Crippen molar-refractivity contribution >= 4 is 17.8 Å². The Hall–Kier alpha value is -2.37. The second-order valence-corrected chi connectivity index (χ2v) is 9.01. The van der Waals surface area contributed by atoms with Gasteiger partial charge in [-0.1, -0.05) is 56.0 Å². The Morgan fingerprint density at radius 1 is 1.07 bits per heavy atom. The molecular formula is C24H33N3O3. The van der Waals surface area contributed by atoms with Crippen molar-refractivity contribution in [3.05, 3.63) is 35.9 Å². The number of amides is 4. The predicted molar refractivity (Wildman–Crippen MR) is 115 cm³/mol. The highest BCUT2D eigenvalue weighted by Crippen LogP contribution is 2.38. The second kappa shape index (κ2) is 8.78. The SMILES string of the molecule is CCN1C(=O)N(Cc2ccccc2)C2(CCN(C(=O)CCC3CCCC3)CC2)C1=O. The first kappa shape index (κ1) is 20.9. The van der Waals surface area contributed by atoms with E-state index in [1.54, 1.807) is 4.90 Å². The normalized spacial score (nSPS) is 21.8. The van der Waals surface area contributed by atoms with Crippen molar-refractivity contribution in [1.29, 1.82) is 0 Å². The second-order valence-electron chi connectivity index (χ2n) is 9.01. The van der Waals surface area contributed by atoms with Gasteiger partial charge in [0.2, 0.25) is 5.91 Å². The molecule has 0 atom stereocenters. The lowest BCUT2D eigenvalue weighted by Gasteiger charge is -2.42. The summed E-state index contributed by atoms with van der Waals surface area (Å²) in [4.78, 5) is 44.1. The maximum absolute atomic E-state index is 13.3. The quantitative estimate of drug-likeness (QED) is 0.669. The largest absolute Gasteiger partial charge is 0.342 e. The summed E-state index contributed by atoms with van der Waals surface area (Å²) >= 11 is 0. The highest BCUT2D eigenvalue weighted by Gasteiger charge is 2.57. The van der Waals surface area contributed by atoms with Crippen molar-refractivity contribution in [3.63, 3.8) is 0 Å². The predicted octanol–water partition coefficient (Wildman–Crippen LogP) is 3.80. The van der Waals surface area contributed by atoms with E-state index in [0.717, 1.165) is 12.0 Å². The first-order valence-corrected chi connectivity index (χ1v) is 11.5. The number of hydrogen-bond donors (Lipinski definition) is 0. The molecule has 1 aromatic rings. The minimum Gasteiger partial charge on any atom is -0.342 e. The number of piperidine rings is 1. The molecular weight excluding hydrogens is 378 g/mol. The number of carbonyl (C=O) groups is 3. The minimum atomic E-state index is -0.814. The van der Waals surface area contributed by atoms with Gasteiger partial charge in [0.05, 0.1) is 0 Å². The topological polar surface area (TPSA) is 60.9 Å². The van der Waals surface area contributed by atoms with Gasteiger partial charge in [0.1, 0.15) is 5.54 Å². The lowest BCUT2D eigenvalue weighted by Crippen LogP contribution is -2.57. The molecule has 3 aliphatic rings. The van der Waals surface area contributed by atoms with E-state index in [2.05, 4.69) is 0 Å². The fraction of sp³-hybridized carbons (Fsp3) is 0.625. The molecule has 162 valence electrons. The molecule has 3 fully saturated rings. The van der Waals surface area contributed by atoms with Crippen molar-refractivity contribution in [3.8, 4) is 0 Å². The molecule has 2 heterocycles. The highest BCUT2D eigenvalue weighted by molar-refractivity contribution is 6.07. The Kier molecular flexibility index (Phi) is 6.11. The van der Waals surface area contributed by atoms with E-state index in [9.17, 15) is 14.4 Å². The number of carbonyl (C=O) groups excluding carboxylic acids is 3. The number of benzene rings is 1. The Morgan fingerprint density at radius 3 is 2.37 bits per heavy atom. The molecule has 4 amide bonds. The third-order valence-corrected chi connectivity index (χ3v) is 7.31. The molecule has 4 rings (SSSR count). The van der Waals surface area contributed by atoms with Gasteiger partial charge in [0.25, 0.3) is 5.91 Å². The van der Waals surface area contributed by atoms with E-state index in [1.165, 1.54) is 30.6 Å². The molecule has 1 spiro atoms. The van der Waals surface area contributed by atoms with Crippen molar-refractivity contribution < 1.29 is 14.4 Å². The monoisotopic (exact) mass is 411 g/mol. The molecule has 0 unspecified atom stereocenters. The van der Waals surface area contributed by atoms with Gasteiger partial charge in [-0.3, -0.25) is 14.5 Å². The number of likely N-dealkylation sites (tertiary alicyclic amines) is 1. The van der Waals surface area contributed by atoms with Crippen molar-refractivity contribution in [2.45, 2.75) is 70.4 Å². The van der Waals surface area contributed by atoms with Crippen LogP contribution < -0.4 is 0 Å². The van der Waals surface area contributed by atoms with Crippen LogP contribution in [0.1, 0.15) is 63.9 Å². The van der Waals surface area contributed by atoms with Gasteiger partial charge in [-0.2, -0.15) is 0 Å². The van der Waals surface area contributed by atoms with Crippen molar-refractivity contribution in [2.75, 3.05) is 19.6 Å². The van der Waals surface area contributed by atoms with Gasteiger partial charge >= 0.3 is 6.03 Å². The maximum atomic E-state index is 13.3. The molecule has 1 aliphatic carbocycles. The van der Waals surface area contributed by atoms with Crippen LogP contribution in [0.25, 0.3) is 0 Å². The molecule has 1 saturated carbocycles. The van der Waals surface area contributed by atoms with Crippen LogP contribution in [0, 0.1) is 5.92 Å². The Morgan fingerprint density at radius 2 is 1.73 bits per heavy atom. The van der Waals surface area contributed by atoms with Gasteiger partial charge < -0.3 is 9.80 Å². The van der Waals surface area contributed by atoms with Crippen LogP contribution in [0.4, 0.5) is 4.79 Å². The summed E-state index contributed by atoms with van der Waals surface area (Å²) in [5.41, 5.74) is 0.205. The third-order valence-electron chi connectivity index (χ3n) is 7.31. The van der Waals surface area contributed by atoms with Gasteiger partial charge in [-0.15, -0.1) is 0 Å². The Labute approximate surface area is 179 Å². The number of hydrogen-bond acceptors (Lipinski definition) is 3. The number of likely N-dealkylation sites (N-methyl/N-ethyl adjacent to an activating group) is 1. The summed E-state index contributed by atoms with van der Waals surface area (Å²) < 4.78 is 0. The van der Waals surface area contributed by atoms with Gasteiger partial charge in [0.15, 0.2) is 0 Å². The molecule has 6 nitrogen and oxygen atoms in total. The molecule has 2 aliphatic heterocycles. The van der Waals surface area contributed by atoms with E-state index >= 15 is 0 Å². The van der Waals surface area contributed by atoms with Crippen LogP contribution >= 0.6 is 0 Å². The van der Waals surface area contributed by atoms with E-state index in [0.29, 0.717) is 51.4 Å². The molecule has 2 saturated heterocycles. The number of rotatable bonds is 6. The third kappa shape index (κ3) is 3.84. The Balaban J connectivity index is 1.44. The summed E-state index contributed by atoms with van der Waals surface area (Å²) in [7, 11) is 0. The average molecular weight is 412 g/mol. The molecule has 6 heteroatoms. The summed E-state index contributed by atoms with van der Waals surface area (Å²) in [5, 5.41) is 0. The van der Waals surface area contributed by atoms with Crippen LogP contribution in [0.5, 0.6) is 0 Å². The average Bonchev–Trinajstić information content (AvgIpc) is 3.36. The standard InChI is InChI=1S/C24H33N3O3/c1-2-26-22(29)24(27(23(26)30)18-20-10-4-3-5-11-20)14-16-25(17-15-24)21(28)13-12-19-8-6-7-9-19/h3-5,10-11,19H,2,6-9,12-18H2,1H3. The number of nitrogens with zero attached hydrogens (tertiary/aromatic N) is 3. The molecule has 0 aromatic heterocycles. The highest BCUT2D eigenvalue weighted by atomic mass is 16.2. The maximum Gasteiger partial charge on any atom is 0.327 e. The smallest absolute Gasteiger partial charge is 0.327 e. The van der Waals surface area contributed by atoms with Crippen LogP contribution in [0.3, 0.4) is 0 Å². The van der Waals surface area contributed by atoms with Gasteiger partial charge in [-0.25, -0.2) is 4.79 Å². The zero-order chi connectivity index (χ0) is 21.1. The lowest BCUT2D eigenvalue weighted by molar-refractivity contribution is -0.141. The van der Waals surface area contributed by atoms with Gasteiger partial charge in [0, 0.05) is 32.6 Å². The first-order chi connectivity index (χ1) is 14.5. The van der Waals surface area contributed by atoms with Crippen molar-refractivity contribution in [2.24, 2.45) is 5.92 Å². The molecule has 0 radical (unpaired) electrons. The fourth-order valence-corrected chi connectivity index (χ4v) is 5.44. The number of urea groups is 1. The summed E-state index contributed by atoms with van der Waals surface area (Å²) in [5.74, 6) is 0.818. The van der Waals surface area contributed by atoms with E-state index < -0.39 is 5.54 Å². The molecule has 0 bridgehead atoms. The number of imide groups is 1. The fourth-order valence-electron chi connectivity index (χ4n) is 5.44. The van der Waals surface area contributed by atoms with Crippen LogP contribution in [-0.4, -0.2) is 57.7 Å². The van der Waals surface area contributed by atoms with E-state index in [1.807, 2.05) is 42.2 Å². The summed E-state index contributed by atoms with van der Waals surface area (Å²) in [6.45, 7) is 3.75. The van der Waals surface area contributed by atoms with Crippen LogP contribution in [-0.2, 0) is 16.1 Å². The summed E-state index contributed by atoms with van der Waals surface area (Å²) in [6.07, 6.45) is 7.76. The molecule has 1 aromatic carbocycles. The van der Waals surface area contributed by atoms with Crippen LogP contribution in [0.2, 0.25) is 0 Å². The van der Waals surface area contributed by atoms with Crippen LogP contribution in [0.15, 0.2) is 30.3 Å². The summed E-state index contributed by atoms with van der Waals surface area (Å²) in [6, 6.07) is 9.63. The van der Waals surface area contributed by atoms with Crippen molar-refractivity contribution in [1.82, 2.24) is 14.7 Å². The minimum absolute atomic E-state index is 0.0935. The first-order valence-electron chi connectivity index (χ1n) is 11.5. The zero-order valence-electron chi connectivity index (χ0n) is 18.0. The van der Waals surface area contributed by atoms with E-state index in [-0.39, 0.29) is 17.8 Å². The van der Waals surface area contributed by atoms with Gasteiger partial charge in [-0.05, 0) is 37.7 Å². The van der Waals surface area contributed by atoms with E-state index in [4.69, 9.17) is 0 Å². The lowest BCUT2D eigenvalue weighted by atomic mass is 9.85. The zero-order valence-corrected chi connectivity index (χ0v) is 18.0.